The Labute approximate surface area is 105 Å². The van der Waals surface area contributed by atoms with Crippen molar-refractivity contribution in [3.63, 3.8) is 0 Å². The molecule has 0 radical (unpaired) electrons. The van der Waals surface area contributed by atoms with Crippen molar-refractivity contribution in [2.45, 2.75) is 19.4 Å². The molecule has 1 aromatic heterocycles. The summed E-state index contributed by atoms with van der Waals surface area (Å²) < 4.78 is 1.93. The summed E-state index contributed by atoms with van der Waals surface area (Å²) in [6, 6.07) is 10.5. The molecule has 0 amide bonds. The van der Waals surface area contributed by atoms with Gasteiger partial charge in [0.25, 0.3) is 5.69 Å². The van der Waals surface area contributed by atoms with E-state index in [2.05, 4.69) is 0 Å². The molecule has 0 saturated heterocycles. The number of nitrogens with two attached hydrogens (primary N) is 1. The van der Waals surface area contributed by atoms with Crippen molar-refractivity contribution in [3.8, 4) is 5.69 Å². The van der Waals surface area contributed by atoms with Gasteiger partial charge in [-0.05, 0) is 25.1 Å². The topological polar surface area (TPSA) is 74.1 Å². The third-order valence-electron chi connectivity index (χ3n) is 2.68. The molecule has 0 aliphatic heterocycles. The number of hydrogen-bond donors (Lipinski definition) is 1. The van der Waals surface area contributed by atoms with Crippen LogP contribution in [-0.2, 0) is 6.42 Å². The number of nitrogens with zero attached hydrogens (tertiary/aromatic N) is 2. The second-order valence-corrected chi connectivity index (χ2v) is 4.33. The van der Waals surface area contributed by atoms with E-state index in [1.54, 1.807) is 12.1 Å². The fourth-order valence-electron chi connectivity index (χ4n) is 1.92. The van der Waals surface area contributed by atoms with Crippen molar-refractivity contribution >= 4 is 5.69 Å². The molecule has 2 rings (SSSR count). The smallest absolute Gasteiger partial charge is 0.271 e. The van der Waals surface area contributed by atoms with Gasteiger partial charge in [-0.25, -0.2) is 0 Å². The minimum atomic E-state index is -0.391. The Morgan fingerprint density at radius 3 is 2.83 bits per heavy atom. The molecule has 1 heterocycles. The van der Waals surface area contributed by atoms with Crippen molar-refractivity contribution in [1.82, 2.24) is 4.57 Å². The van der Waals surface area contributed by atoms with Crippen LogP contribution in [0, 0.1) is 10.1 Å². The van der Waals surface area contributed by atoms with E-state index in [-0.39, 0.29) is 11.7 Å². The molecule has 5 nitrogen and oxygen atoms in total. The van der Waals surface area contributed by atoms with Gasteiger partial charge >= 0.3 is 0 Å². The van der Waals surface area contributed by atoms with E-state index < -0.39 is 4.92 Å². The Morgan fingerprint density at radius 1 is 1.39 bits per heavy atom. The zero-order chi connectivity index (χ0) is 13.1. The molecule has 0 fully saturated rings. The summed E-state index contributed by atoms with van der Waals surface area (Å²) in [5, 5.41) is 10.8. The third-order valence-corrected chi connectivity index (χ3v) is 2.68. The monoisotopic (exact) mass is 245 g/mol. The Hall–Kier alpha value is -2.14. The maximum Gasteiger partial charge on any atom is 0.271 e. The van der Waals surface area contributed by atoms with Crippen LogP contribution in [0.1, 0.15) is 12.6 Å². The average molecular weight is 245 g/mol. The number of aromatic nitrogens is 1. The molecule has 0 aliphatic rings. The maximum atomic E-state index is 10.8. The minimum absolute atomic E-state index is 0.0531. The van der Waals surface area contributed by atoms with Crippen LogP contribution in [0.4, 0.5) is 5.69 Å². The van der Waals surface area contributed by atoms with Crippen molar-refractivity contribution < 1.29 is 4.92 Å². The normalized spacial score (nSPS) is 12.3. The number of nitro benzene ring substituents is 1. The van der Waals surface area contributed by atoms with E-state index in [0.29, 0.717) is 0 Å². The lowest BCUT2D eigenvalue weighted by Gasteiger charge is -2.11. The molecular weight excluding hydrogens is 230 g/mol. The van der Waals surface area contributed by atoms with Gasteiger partial charge in [-0.15, -0.1) is 0 Å². The van der Waals surface area contributed by atoms with Gasteiger partial charge in [0.1, 0.15) is 0 Å². The van der Waals surface area contributed by atoms with E-state index in [4.69, 9.17) is 5.73 Å². The van der Waals surface area contributed by atoms with Crippen LogP contribution < -0.4 is 5.73 Å². The van der Waals surface area contributed by atoms with Gasteiger partial charge in [-0.2, -0.15) is 0 Å². The fourth-order valence-corrected chi connectivity index (χ4v) is 1.92. The molecule has 0 spiro atoms. The van der Waals surface area contributed by atoms with Gasteiger partial charge in [0.15, 0.2) is 0 Å². The fraction of sp³-hybridized carbons (Fsp3) is 0.231. The first-order valence-electron chi connectivity index (χ1n) is 5.74. The van der Waals surface area contributed by atoms with Crippen LogP contribution in [0.3, 0.4) is 0 Å². The first-order valence-corrected chi connectivity index (χ1v) is 5.74. The molecule has 1 unspecified atom stereocenters. The van der Waals surface area contributed by atoms with E-state index in [9.17, 15) is 10.1 Å². The highest BCUT2D eigenvalue weighted by Crippen LogP contribution is 2.19. The lowest BCUT2D eigenvalue weighted by molar-refractivity contribution is -0.384. The Kier molecular flexibility index (Phi) is 3.43. The number of benzene rings is 1. The highest BCUT2D eigenvalue weighted by atomic mass is 16.6. The van der Waals surface area contributed by atoms with Crippen molar-refractivity contribution in [2.75, 3.05) is 0 Å². The van der Waals surface area contributed by atoms with E-state index >= 15 is 0 Å². The zero-order valence-electron chi connectivity index (χ0n) is 10.1. The first-order chi connectivity index (χ1) is 8.58. The molecule has 2 aromatic rings. The first kappa shape index (κ1) is 12.3. The van der Waals surface area contributed by atoms with Crippen molar-refractivity contribution in [1.29, 1.82) is 0 Å². The Bertz CT molecular complexity index is 561. The second-order valence-electron chi connectivity index (χ2n) is 4.33. The zero-order valence-corrected chi connectivity index (χ0v) is 10.1. The van der Waals surface area contributed by atoms with Crippen LogP contribution in [0.2, 0.25) is 0 Å². The van der Waals surface area contributed by atoms with Gasteiger partial charge in [0, 0.05) is 36.5 Å². The predicted molar refractivity (Wildman–Crippen MR) is 69.8 cm³/mol. The van der Waals surface area contributed by atoms with Gasteiger partial charge in [-0.1, -0.05) is 6.07 Å². The minimum Gasteiger partial charge on any atom is -0.328 e. The summed E-state index contributed by atoms with van der Waals surface area (Å²) in [6.45, 7) is 1.94. The van der Waals surface area contributed by atoms with Crippen LogP contribution in [-0.4, -0.2) is 15.5 Å². The molecule has 18 heavy (non-hydrogen) atoms. The molecule has 0 aliphatic carbocycles. The lowest BCUT2D eigenvalue weighted by atomic mass is 10.2. The lowest BCUT2D eigenvalue weighted by Crippen LogP contribution is -2.19. The number of hydrogen-bond acceptors (Lipinski definition) is 3. The highest BCUT2D eigenvalue weighted by Gasteiger charge is 2.09. The average Bonchev–Trinajstić information content (AvgIpc) is 2.76. The highest BCUT2D eigenvalue weighted by molar-refractivity contribution is 5.44. The molecule has 0 saturated carbocycles. The van der Waals surface area contributed by atoms with E-state index in [1.165, 1.54) is 6.07 Å². The quantitative estimate of drug-likeness (QED) is 0.663. The van der Waals surface area contributed by atoms with Gasteiger partial charge in [-0.3, -0.25) is 10.1 Å². The predicted octanol–water partition coefficient (Wildman–Crippen LogP) is 2.28. The Balaban J connectivity index is 2.39. The second kappa shape index (κ2) is 5.01. The summed E-state index contributed by atoms with van der Waals surface area (Å²) in [6.07, 6.45) is 2.62. The van der Waals surface area contributed by atoms with Crippen LogP contribution in [0.5, 0.6) is 0 Å². The molecule has 5 heteroatoms. The molecule has 94 valence electrons. The van der Waals surface area contributed by atoms with Crippen LogP contribution in [0.15, 0.2) is 42.6 Å². The van der Waals surface area contributed by atoms with E-state index in [1.807, 2.05) is 35.9 Å². The molecule has 2 N–H and O–H groups in total. The van der Waals surface area contributed by atoms with Crippen molar-refractivity contribution in [3.05, 3.63) is 58.4 Å². The number of nitro groups is 1. The molecular formula is C13H15N3O2. The molecule has 1 aromatic carbocycles. The number of non-ortho nitro benzene ring substituents is 1. The summed E-state index contributed by atoms with van der Waals surface area (Å²) in [5.74, 6) is 0. The van der Waals surface area contributed by atoms with Gasteiger partial charge in [0.05, 0.1) is 10.6 Å². The van der Waals surface area contributed by atoms with Gasteiger partial charge < -0.3 is 10.3 Å². The third kappa shape index (κ3) is 2.57. The standard InChI is InChI=1S/C13H15N3O2/c1-10(14)8-11-6-3-7-15(11)12-4-2-5-13(9-12)16(17)18/h2-7,9-10H,8,14H2,1H3. The van der Waals surface area contributed by atoms with Crippen LogP contribution >= 0.6 is 0 Å². The van der Waals surface area contributed by atoms with Gasteiger partial charge in [0.2, 0.25) is 0 Å². The maximum absolute atomic E-state index is 10.8. The number of rotatable bonds is 4. The largest absolute Gasteiger partial charge is 0.328 e. The SMILES string of the molecule is CC(N)Cc1cccn1-c1cccc([N+](=O)[O-])c1. The van der Waals surface area contributed by atoms with Crippen LogP contribution in [0.25, 0.3) is 5.69 Å². The Morgan fingerprint density at radius 2 is 2.17 bits per heavy atom. The summed E-state index contributed by atoms with van der Waals surface area (Å²) in [7, 11) is 0. The summed E-state index contributed by atoms with van der Waals surface area (Å²) >= 11 is 0. The molecule has 0 bridgehead atoms. The summed E-state index contributed by atoms with van der Waals surface area (Å²) in [4.78, 5) is 10.4. The van der Waals surface area contributed by atoms with E-state index in [0.717, 1.165) is 17.8 Å². The van der Waals surface area contributed by atoms with Crippen molar-refractivity contribution in [2.24, 2.45) is 5.73 Å². The summed E-state index contributed by atoms with van der Waals surface area (Å²) in [5.41, 5.74) is 7.71. The molecule has 1 atom stereocenters.